The summed E-state index contributed by atoms with van der Waals surface area (Å²) in [6, 6.07) is 68.7. The summed E-state index contributed by atoms with van der Waals surface area (Å²) in [7, 11) is 0. The Hall–Kier alpha value is -7.42. The average molecular weight is 755 g/mol. The maximum atomic E-state index is 3.91. The van der Waals surface area contributed by atoms with E-state index in [1.807, 2.05) is 0 Å². The molecule has 2 N–H and O–H groups in total. The fraction of sp³-hybridized carbons (Fsp3) is 0.0526. The number of hydrogen-bond acceptors (Lipinski definition) is 2. The topological polar surface area (TPSA) is 24.1 Å². The Morgan fingerprint density at radius 3 is 1.86 bits per heavy atom. The van der Waals surface area contributed by atoms with E-state index in [0.29, 0.717) is 5.92 Å². The first-order chi connectivity index (χ1) is 29.1. The predicted molar refractivity (Wildman–Crippen MR) is 253 cm³/mol. The highest BCUT2D eigenvalue weighted by molar-refractivity contribution is 6.07. The number of nitrogens with one attached hydrogen (secondary N) is 2. The number of allylic oxidation sites excluding steroid dienone is 4. The highest BCUT2D eigenvalue weighted by Gasteiger charge is 2.22. The normalized spacial score (nSPS) is 14.1. The Morgan fingerprint density at radius 1 is 0.441 bits per heavy atom. The smallest absolute Gasteiger partial charge is 0.0543 e. The molecule has 280 valence electrons. The van der Waals surface area contributed by atoms with Crippen LogP contribution < -0.4 is 10.6 Å². The van der Waals surface area contributed by atoms with E-state index >= 15 is 0 Å². The van der Waals surface area contributed by atoms with Gasteiger partial charge in [0.15, 0.2) is 0 Å². The highest BCUT2D eigenvalue weighted by Crippen LogP contribution is 2.49. The van der Waals surface area contributed by atoms with E-state index in [9.17, 15) is 0 Å². The van der Waals surface area contributed by atoms with Crippen molar-refractivity contribution in [2.24, 2.45) is 5.92 Å². The molecule has 11 rings (SSSR count). The molecule has 9 aromatic rings. The quantitative estimate of drug-likeness (QED) is 0.177. The van der Waals surface area contributed by atoms with E-state index in [-0.39, 0.29) is 0 Å². The zero-order valence-electron chi connectivity index (χ0n) is 32.9. The minimum atomic E-state index is 0.477. The third kappa shape index (κ3) is 6.49. The van der Waals surface area contributed by atoms with Gasteiger partial charge >= 0.3 is 0 Å². The molecule has 2 heteroatoms. The molecular weight excluding hydrogens is 713 g/mol. The summed E-state index contributed by atoms with van der Waals surface area (Å²) in [5.41, 5.74) is 18.9. The lowest BCUT2D eigenvalue weighted by atomic mass is 9.89. The molecule has 1 aliphatic heterocycles. The third-order valence-electron chi connectivity index (χ3n) is 12.1. The molecule has 1 heterocycles. The SMILES string of the molecule is CC1C=C(c2cc(-c3cccc(-c4cccc5c4Nc4ccccc4-c4cc6ccccc6cc4-5)c3)ccc2Nc2ccc(-c3ccc4ccccc4c3)cc2)C=CC1. The van der Waals surface area contributed by atoms with Gasteiger partial charge in [0, 0.05) is 39.3 Å². The van der Waals surface area contributed by atoms with Gasteiger partial charge in [-0.05, 0) is 133 Å². The maximum Gasteiger partial charge on any atom is 0.0543 e. The number of anilines is 4. The van der Waals surface area contributed by atoms with Crippen molar-refractivity contribution >= 4 is 49.9 Å². The second kappa shape index (κ2) is 14.5. The van der Waals surface area contributed by atoms with Gasteiger partial charge in [-0.25, -0.2) is 0 Å². The van der Waals surface area contributed by atoms with Gasteiger partial charge in [-0.2, -0.15) is 0 Å². The van der Waals surface area contributed by atoms with E-state index < -0.39 is 0 Å². The molecule has 1 unspecified atom stereocenters. The Bertz CT molecular complexity index is 3150. The zero-order valence-corrected chi connectivity index (χ0v) is 32.9. The van der Waals surface area contributed by atoms with Crippen LogP contribution in [-0.4, -0.2) is 0 Å². The predicted octanol–water partition coefficient (Wildman–Crippen LogP) is 16.1. The molecular formula is C57H42N2. The van der Waals surface area contributed by atoms with Crippen LogP contribution in [0.3, 0.4) is 0 Å². The molecule has 9 aromatic carbocycles. The van der Waals surface area contributed by atoms with E-state index in [1.165, 1.54) is 88.3 Å². The number of para-hydroxylation sites is 2. The first-order valence-corrected chi connectivity index (χ1v) is 20.6. The van der Waals surface area contributed by atoms with E-state index in [4.69, 9.17) is 0 Å². The van der Waals surface area contributed by atoms with Gasteiger partial charge < -0.3 is 10.6 Å². The minimum absolute atomic E-state index is 0.477. The van der Waals surface area contributed by atoms with Gasteiger partial charge in [0.25, 0.3) is 0 Å². The molecule has 0 amide bonds. The summed E-state index contributed by atoms with van der Waals surface area (Å²) < 4.78 is 0. The van der Waals surface area contributed by atoms with Gasteiger partial charge in [-0.3, -0.25) is 0 Å². The third-order valence-corrected chi connectivity index (χ3v) is 12.1. The molecule has 0 spiro atoms. The molecule has 0 saturated carbocycles. The van der Waals surface area contributed by atoms with Crippen LogP contribution in [0.5, 0.6) is 0 Å². The van der Waals surface area contributed by atoms with Crippen molar-refractivity contribution in [2.75, 3.05) is 10.6 Å². The Balaban J connectivity index is 0.964. The van der Waals surface area contributed by atoms with E-state index in [0.717, 1.165) is 29.2 Å². The highest BCUT2D eigenvalue weighted by atomic mass is 14.9. The molecule has 2 nitrogen and oxygen atoms in total. The summed E-state index contributed by atoms with van der Waals surface area (Å²) in [4.78, 5) is 0. The molecule has 0 fully saturated rings. The molecule has 0 aromatic heterocycles. The van der Waals surface area contributed by atoms with Crippen molar-refractivity contribution in [3.63, 3.8) is 0 Å². The summed E-state index contributed by atoms with van der Waals surface area (Å²) in [6.45, 7) is 2.30. The van der Waals surface area contributed by atoms with Crippen molar-refractivity contribution in [3.8, 4) is 55.6 Å². The lowest BCUT2D eigenvalue weighted by Crippen LogP contribution is -2.00. The largest absolute Gasteiger partial charge is 0.355 e. The van der Waals surface area contributed by atoms with Crippen molar-refractivity contribution in [1.29, 1.82) is 0 Å². The summed E-state index contributed by atoms with van der Waals surface area (Å²) in [6.07, 6.45) is 8.06. The number of fused-ring (bicyclic) bond motifs is 7. The first-order valence-electron chi connectivity index (χ1n) is 20.6. The average Bonchev–Trinajstić information content (AvgIpc) is 3.42. The van der Waals surface area contributed by atoms with Crippen LogP contribution in [0.2, 0.25) is 0 Å². The fourth-order valence-electron chi connectivity index (χ4n) is 9.03. The van der Waals surface area contributed by atoms with Crippen LogP contribution in [0.15, 0.2) is 206 Å². The van der Waals surface area contributed by atoms with Gasteiger partial charge in [-0.15, -0.1) is 0 Å². The van der Waals surface area contributed by atoms with Gasteiger partial charge in [0.1, 0.15) is 0 Å². The van der Waals surface area contributed by atoms with E-state index in [1.54, 1.807) is 0 Å². The van der Waals surface area contributed by atoms with E-state index in [2.05, 4.69) is 224 Å². The summed E-state index contributed by atoms with van der Waals surface area (Å²) in [5, 5.41) is 12.7. The molecule has 2 aliphatic rings. The zero-order chi connectivity index (χ0) is 39.3. The monoisotopic (exact) mass is 754 g/mol. The minimum Gasteiger partial charge on any atom is -0.355 e. The molecule has 0 saturated heterocycles. The maximum absolute atomic E-state index is 3.91. The van der Waals surface area contributed by atoms with Crippen molar-refractivity contribution in [3.05, 3.63) is 212 Å². The lowest BCUT2D eigenvalue weighted by Gasteiger charge is -2.19. The molecule has 0 bridgehead atoms. The first kappa shape index (κ1) is 34.8. The number of rotatable bonds is 6. The molecule has 1 aliphatic carbocycles. The Morgan fingerprint density at radius 2 is 1.05 bits per heavy atom. The lowest BCUT2D eigenvalue weighted by molar-refractivity contribution is 0.740. The van der Waals surface area contributed by atoms with Crippen LogP contribution in [0.1, 0.15) is 18.9 Å². The van der Waals surface area contributed by atoms with Gasteiger partial charge in [-0.1, -0.05) is 159 Å². The molecule has 1 atom stereocenters. The second-order valence-corrected chi connectivity index (χ2v) is 16.0. The summed E-state index contributed by atoms with van der Waals surface area (Å²) in [5.74, 6) is 0.477. The van der Waals surface area contributed by atoms with Crippen LogP contribution in [0, 0.1) is 5.92 Å². The van der Waals surface area contributed by atoms with Crippen molar-refractivity contribution in [2.45, 2.75) is 13.3 Å². The Labute approximate surface area is 345 Å². The van der Waals surface area contributed by atoms with Gasteiger partial charge in [0.05, 0.1) is 5.69 Å². The van der Waals surface area contributed by atoms with Crippen molar-refractivity contribution in [1.82, 2.24) is 0 Å². The second-order valence-electron chi connectivity index (χ2n) is 16.0. The van der Waals surface area contributed by atoms with Crippen LogP contribution >= 0.6 is 0 Å². The number of benzene rings is 9. The standard InChI is InChI=1S/C57H42N2/c1-37-11-8-17-46(31-37)52-34-45(27-30-56(52)58-48-28-25-39(26-29-48)44-24-23-38-12-2-3-13-40(38)32-44)41-16-9-18-47(33-41)49-20-10-21-51-54-36-43-15-5-4-14-42(43)35-53(54)50-19-6-7-22-55(50)59-57(49)51/h2-10,12-37,58-59H,11H2,1H3. The Kier molecular flexibility index (Phi) is 8.56. The summed E-state index contributed by atoms with van der Waals surface area (Å²) >= 11 is 0. The van der Waals surface area contributed by atoms with Crippen LogP contribution in [-0.2, 0) is 0 Å². The number of hydrogen-bond donors (Lipinski definition) is 2. The van der Waals surface area contributed by atoms with Gasteiger partial charge in [0.2, 0.25) is 0 Å². The van der Waals surface area contributed by atoms with Crippen molar-refractivity contribution < 1.29 is 0 Å². The fourth-order valence-corrected chi connectivity index (χ4v) is 9.03. The van der Waals surface area contributed by atoms with Crippen LogP contribution in [0.25, 0.3) is 82.8 Å². The molecule has 0 radical (unpaired) electrons. The molecule has 59 heavy (non-hydrogen) atoms. The van der Waals surface area contributed by atoms with Crippen LogP contribution in [0.4, 0.5) is 22.7 Å².